The van der Waals surface area contributed by atoms with Crippen LogP contribution in [0.15, 0.2) is 48.8 Å². The van der Waals surface area contributed by atoms with Crippen molar-refractivity contribution in [1.82, 2.24) is 24.6 Å². The average Bonchev–Trinajstić information content (AvgIpc) is 3.84. The third kappa shape index (κ3) is 4.94. The first-order chi connectivity index (χ1) is 21.1. The van der Waals surface area contributed by atoms with Crippen LogP contribution in [0.5, 0.6) is 11.5 Å². The number of aromatic amines is 1. The van der Waals surface area contributed by atoms with Crippen molar-refractivity contribution in [2.75, 3.05) is 37.9 Å². The van der Waals surface area contributed by atoms with E-state index in [1.807, 2.05) is 29.3 Å². The van der Waals surface area contributed by atoms with E-state index >= 15 is 0 Å². The fourth-order valence-corrected chi connectivity index (χ4v) is 6.22. The number of nitrogens with zero attached hydrogens (tertiary/aromatic N) is 5. The first-order valence-electron chi connectivity index (χ1n) is 14.7. The quantitative estimate of drug-likeness (QED) is 0.276. The molecule has 3 saturated heterocycles. The Labute approximate surface area is 245 Å². The van der Waals surface area contributed by atoms with Crippen LogP contribution in [0.2, 0.25) is 0 Å². The minimum absolute atomic E-state index is 0.0421. The standard InChI is InChI=1S/C31H30F2N6O4/c32-18-3-4-23(33)21(12-18)26-2-1-8-38(26)29-5-9-39-31(37-29)22(15-34-39)30-35-24-13-27(42-19-6-10-40-16-19)28(14-25(24)36-30)43-20-7-11-41-17-20/h3-5,9,12-15,19-20,26H,1-2,6-8,10-11,16-17H2,(H,35,36)/t19-,20+,26-/m1/s1. The zero-order valence-electron chi connectivity index (χ0n) is 23.3. The lowest BCUT2D eigenvalue weighted by molar-refractivity contribution is 0.123. The highest BCUT2D eigenvalue weighted by Gasteiger charge is 2.30. The van der Waals surface area contributed by atoms with Crippen LogP contribution in [0.1, 0.15) is 37.3 Å². The number of ether oxygens (including phenoxy) is 4. The van der Waals surface area contributed by atoms with Gasteiger partial charge in [0.1, 0.15) is 35.5 Å². The maximum Gasteiger partial charge on any atom is 0.168 e. The number of fused-ring (bicyclic) bond motifs is 2. The number of halogens is 2. The molecule has 222 valence electrons. The van der Waals surface area contributed by atoms with Gasteiger partial charge in [-0.25, -0.2) is 23.3 Å². The second kappa shape index (κ2) is 10.8. The number of rotatable bonds is 7. The van der Waals surface area contributed by atoms with Crippen molar-refractivity contribution in [1.29, 1.82) is 0 Å². The van der Waals surface area contributed by atoms with E-state index in [0.717, 1.165) is 36.4 Å². The van der Waals surface area contributed by atoms with Gasteiger partial charge in [-0.2, -0.15) is 5.10 Å². The molecule has 3 aliphatic rings. The van der Waals surface area contributed by atoms with Crippen LogP contribution >= 0.6 is 0 Å². The molecule has 0 aliphatic carbocycles. The molecule has 3 atom stereocenters. The van der Waals surface area contributed by atoms with Crippen LogP contribution in [0.25, 0.3) is 28.1 Å². The third-order valence-corrected chi connectivity index (χ3v) is 8.38. The predicted molar refractivity (Wildman–Crippen MR) is 153 cm³/mol. The maximum atomic E-state index is 14.7. The molecule has 6 heterocycles. The van der Waals surface area contributed by atoms with Crippen molar-refractivity contribution in [2.24, 2.45) is 0 Å². The Bertz CT molecular complexity index is 1740. The Morgan fingerprint density at radius 2 is 1.70 bits per heavy atom. The number of hydrogen-bond donors (Lipinski definition) is 1. The van der Waals surface area contributed by atoms with Crippen LogP contribution in [0.4, 0.5) is 14.6 Å². The van der Waals surface area contributed by atoms with Crippen LogP contribution in [-0.4, -0.2) is 69.7 Å². The summed E-state index contributed by atoms with van der Waals surface area (Å²) in [6, 6.07) is 8.97. The Morgan fingerprint density at radius 3 is 2.47 bits per heavy atom. The molecule has 43 heavy (non-hydrogen) atoms. The predicted octanol–water partition coefficient (Wildman–Crippen LogP) is 5.23. The molecule has 8 rings (SSSR count). The van der Waals surface area contributed by atoms with Crippen molar-refractivity contribution < 1.29 is 27.7 Å². The van der Waals surface area contributed by atoms with E-state index in [1.54, 1.807) is 10.7 Å². The van der Waals surface area contributed by atoms with Gasteiger partial charge in [-0.3, -0.25) is 0 Å². The van der Waals surface area contributed by atoms with E-state index in [-0.39, 0.29) is 18.2 Å². The van der Waals surface area contributed by atoms with Crippen molar-refractivity contribution >= 4 is 22.5 Å². The van der Waals surface area contributed by atoms with Gasteiger partial charge in [-0.15, -0.1) is 0 Å². The van der Waals surface area contributed by atoms with E-state index in [9.17, 15) is 8.78 Å². The topological polar surface area (TPSA) is 99.0 Å². The highest BCUT2D eigenvalue weighted by molar-refractivity contribution is 5.85. The van der Waals surface area contributed by atoms with Crippen LogP contribution in [-0.2, 0) is 9.47 Å². The van der Waals surface area contributed by atoms with Crippen LogP contribution in [0.3, 0.4) is 0 Å². The molecule has 0 spiro atoms. The van der Waals surface area contributed by atoms with E-state index in [2.05, 4.69) is 10.1 Å². The van der Waals surface area contributed by atoms with Crippen molar-refractivity contribution in [3.8, 4) is 22.9 Å². The van der Waals surface area contributed by atoms with Gasteiger partial charge in [0.2, 0.25) is 0 Å². The molecule has 0 saturated carbocycles. The lowest BCUT2D eigenvalue weighted by Crippen LogP contribution is -2.24. The molecule has 0 unspecified atom stereocenters. The van der Waals surface area contributed by atoms with Gasteiger partial charge in [-0.1, -0.05) is 0 Å². The van der Waals surface area contributed by atoms with E-state index in [1.165, 1.54) is 12.1 Å². The largest absolute Gasteiger partial charge is 0.484 e. The van der Waals surface area contributed by atoms with Crippen LogP contribution in [0, 0.1) is 11.6 Å². The summed E-state index contributed by atoms with van der Waals surface area (Å²) in [6.07, 6.45) is 6.64. The van der Waals surface area contributed by atoms with E-state index in [0.29, 0.717) is 79.3 Å². The van der Waals surface area contributed by atoms with Gasteiger partial charge in [0.15, 0.2) is 17.1 Å². The molecule has 3 aromatic heterocycles. The average molecular weight is 589 g/mol. The lowest BCUT2D eigenvalue weighted by Gasteiger charge is -2.26. The summed E-state index contributed by atoms with van der Waals surface area (Å²) in [7, 11) is 0. The van der Waals surface area contributed by atoms with Gasteiger partial charge in [0.05, 0.1) is 55.3 Å². The molecular weight excluding hydrogens is 558 g/mol. The van der Waals surface area contributed by atoms with Gasteiger partial charge in [0.25, 0.3) is 0 Å². The molecule has 5 aromatic rings. The molecule has 3 fully saturated rings. The SMILES string of the molecule is Fc1ccc(F)c([C@H]2CCCN2c2ccn3ncc(-c4nc5cc(O[C@H]6CCOC6)c(O[C@@H]6CCOC6)cc5[nH]4)c3n2)c1. The second-order valence-corrected chi connectivity index (χ2v) is 11.2. The minimum Gasteiger partial charge on any atom is -0.484 e. The molecule has 10 nitrogen and oxygen atoms in total. The van der Waals surface area contributed by atoms with Gasteiger partial charge in [-0.05, 0) is 37.1 Å². The smallest absolute Gasteiger partial charge is 0.168 e. The number of hydrogen-bond acceptors (Lipinski definition) is 8. The van der Waals surface area contributed by atoms with Crippen LogP contribution < -0.4 is 14.4 Å². The fourth-order valence-electron chi connectivity index (χ4n) is 6.22. The summed E-state index contributed by atoms with van der Waals surface area (Å²) < 4.78 is 54.1. The minimum atomic E-state index is -0.454. The van der Waals surface area contributed by atoms with E-state index in [4.69, 9.17) is 28.9 Å². The molecular formula is C31H30F2N6O4. The number of anilines is 1. The van der Waals surface area contributed by atoms with Crippen molar-refractivity contribution in [3.05, 3.63) is 66.0 Å². The number of aromatic nitrogens is 5. The maximum absolute atomic E-state index is 14.7. The first-order valence-corrected chi connectivity index (χ1v) is 14.7. The molecule has 0 bridgehead atoms. The third-order valence-electron chi connectivity index (χ3n) is 8.38. The molecule has 0 amide bonds. The van der Waals surface area contributed by atoms with E-state index < -0.39 is 11.6 Å². The summed E-state index contributed by atoms with van der Waals surface area (Å²) >= 11 is 0. The highest BCUT2D eigenvalue weighted by Crippen LogP contribution is 2.39. The number of imidazole rings is 1. The highest BCUT2D eigenvalue weighted by atomic mass is 19.1. The summed E-state index contributed by atoms with van der Waals surface area (Å²) in [4.78, 5) is 15.3. The molecule has 1 N–H and O–H groups in total. The van der Waals surface area contributed by atoms with Gasteiger partial charge < -0.3 is 28.8 Å². The Hall–Kier alpha value is -4.29. The monoisotopic (exact) mass is 588 g/mol. The summed E-state index contributed by atoms with van der Waals surface area (Å²) in [5, 5.41) is 4.50. The summed E-state index contributed by atoms with van der Waals surface area (Å²) in [5.74, 6) is 1.65. The van der Waals surface area contributed by atoms with Gasteiger partial charge >= 0.3 is 0 Å². The second-order valence-electron chi connectivity index (χ2n) is 11.2. The molecule has 12 heteroatoms. The first kappa shape index (κ1) is 26.3. The van der Waals surface area contributed by atoms with Crippen molar-refractivity contribution in [2.45, 2.75) is 43.9 Å². The molecule has 0 radical (unpaired) electrons. The summed E-state index contributed by atoms with van der Waals surface area (Å²) in [6.45, 7) is 3.11. The lowest BCUT2D eigenvalue weighted by atomic mass is 10.0. The number of nitrogens with one attached hydrogen (secondary N) is 1. The number of H-pyrrole nitrogens is 1. The van der Waals surface area contributed by atoms with Gasteiger partial charge in [0, 0.05) is 43.3 Å². The zero-order valence-corrected chi connectivity index (χ0v) is 23.3. The molecule has 3 aliphatic heterocycles. The zero-order chi connectivity index (χ0) is 28.9. The Balaban J connectivity index is 1.15. The van der Waals surface area contributed by atoms with Crippen molar-refractivity contribution in [3.63, 3.8) is 0 Å². The normalized spacial score (nSPS) is 22.3. The number of benzene rings is 2. The molecule has 2 aromatic carbocycles. The summed E-state index contributed by atoms with van der Waals surface area (Å²) in [5.41, 5.74) is 3.16. The fraction of sp³-hybridized carbons (Fsp3) is 0.387. The Morgan fingerprint density at radius 1 is 0.907 bits per heavy atom. The Kier molecular flexibility index (Phi) is 6.60.